The number of nitro benzene ring substituents is 1. The second-order valence-electron chi connectivity index (χ2n) is 6.45. The Kier molecular flexibility index (Phi) is 8.04. The van der Waals surface area contributed by atoms with E-state index >= 15 is 0 Å². The van der Waals surface area contributed by atoms with Crippen LogP contribution in [-0.4, -0.2) is 42.6 Å². The summed E-state index contributed by atoms with van der Waals surface area (Å²) >= 11 is 0. The molecule has 2 aromatic rings. The first-order chi connectivity index (χ1) is 14.4. The number of hydrazone groups is 1. The second-order valence-corrected chi connectivity index (χ2v) is 6.45. The fourth-order valence-electron chi connectivity index (χ4n) is 2.90. The number of nitrogens with one attached hydrogen (secondary N) is 2. The quantitative estimate of drug-likeness (QED) is 0.374. The number of rotatable bonds is 9. The van der Waals surface area contributed by atoms with Gasteiger partial charge in [0.15, 0.2) is 0 Å². The zero-order chi connectivity index (χ0) is 22.1. The van der Waals surface area contributed by atoms with Crippen LogP contribution in [0.25, 0.3) is 0 Å². The Balaban J connectivity index is 1.87. The molecule has 0 aromatic heterocycles. The van der Waals surface area contributed by atoms with Crippen LogP contribution in [0.5, 0.6) is 0 Å². The maximum Gasteiger partial charge on any atom is 0.273 e. The van der Waals surface area contributed by atoms with Gasteiger partial charge in [-0.1, -0.05) is 18.2 Å². The van der Waals surface area contributed by atoms with E-state index in [0.717, 1.165) is 24.3 Å². The Morgan fingerprint density at radius 2 is 1.80 bits per heavy atom. The molecule has 0 aliphatic rings. The molecule has 2 rings (SSSR count). The SMILES string of the molecule is CCN(CC)c1ccc(/C=N\NC(=O)CNC(=O)c2cccc([N+](=O)[O-])c2C)cc1. The van der Waals surface area contributed by atoms with E-state index in [2.05, 4.69) is 34.6 Å². The molecule has 9 heteroatoms. The molecular formula is C21H25N5O4. The van der Waals surface area contributed by atoms with Crippen molar-refractivity contribution in [1.82, 2.24) is 10.7 Å². The van der Waals surface area contributed by atoms with Crippen molar-refractivity contribution in [2.24, 2.45) is 5.10 Å². The molecule has 0 radical (unpaired) electrons. The minimum absolute atomic E-state index is 0.147. The summed E-state index contributed by atoms with van der Waals surface area (Å²) in [4.78, 5) is 36.8. The minimum atomic E-state index is -0.567. The Bertz CT molecular complexity index is 937. The second kappa shape index (κ2) is 10.7. The van der Waals surface area contributed by atoms with Gasteiger partial charge in [0.25, 0.3) is 17.5 Å². The number of benzene rings is 2. The molecule has 0 heterocycles. The van der Waals surface area contributed by atoms with Gasteiger partial charge in [0.2, 0.25) is 0 Å². The summed E-state index contributed by atoms with van der Waals surface area (Å²) in [7, 11) is 0. The van der Waals surface area contributed by atoms with Crippen molar-refractivity contribution in [2.75, 3.05) is 24.5 Å². The van der Waals surface area contributed by atoms with Crippen molar-refractivity contribution in [3.05, 3.63) is 69.3 Å². The van der Waals surface area contributed by atoms with E-state index in [9.17, 15) is 19.7 Å². The molecule has 9 nitrogen and oxygen atoms in total. The van der Waals surface area contributed by atoms with Gasteiger partial charge in [-0.05, 0) is 44.5 Å². The van der Waals surface area contributed by atoms with Crippen molar-refractivity contribution < 1.29 is 14.5 Å². The Labute approximate surface area is 174 Å². The topological polar surface area (TPSA) is 117 Å². The molecule has 0 aliphatic heterocycles. The first-order valence-electron chi connectivity index (χ1n) is 9.56. The number of amides is 2. The predicted octanol–water partition coefficient (Wildman–Crippen LogP) is 2.63. The maximum atomic E-state index is 12.2. The Morgan fingerprint density at radius 1 is 1.13 bits per heavy atom. The fraction of sp³-hybridized carbons (Fsp3) is 0.286. The van der Waals surface area contributed by atoms with Crippen LogP contribution in [0.4, 0.5) is 11.4 Å². The molecule has 0 aliphatic carbocycles. The summed E-state index contributed by atoms with van der Waals surface area (Å²) in [5, 5.41) is 17.3. The van der Waals surface area contributed by atoms with Crippen LogP contribution in [0.1, 0.15) is 35.3 Å². The lowest BCUT2D eigenvalue weighted by molar-refractivity contribution is -0.385. The lowest BCUT2D eigenvalue weighted by Crippen LogP contribution is -2.35. The standard InChI is InChI=1S/C21H25N5O4/c1-4-25(5-2)17-11-9-16(10-12-17)13-23-24-20(27)14-22-21(28)18-7-6-8-19(15(18)3)26(29)30/h6-13H,4-5,14H2,1-3H3,(H,22,28)(H,24,27)/b23-13-. The van der Waals surface area contributed by atoms with E-state index in [1.54, 1.807) is 0 Å². The molecule has 0 unspecified atom stereocenters. The number of anilines is 1. The summed E-state index contributed by atoms with van der Waals surface area (Å²) in [6.07, 6.45) is 1.51. The van der Waals surface area contributed by atoms with E-state index in [0.29, 0.717) is 0 Å². The van der Waals surface area contributed by atoms with Crippen molar-refractivity contribution >= 4 is 29.4 Å². The Morgan fingerprint density at radius 3 is 2.40 bits per heavy atom. The summed E-state index contributed by atoms with van der Waals surface area (Å²) < 4.78 is 0. The fourth-order valence-corrected chi connectivity index (χ4v) is 2.90. The van der Waals surface area contributed by atoms with Crippen LogP contribution in [0.15, 0.2) is 47.6 Å². The van der Waals surface area contributed by atoms with Gasteiger partial charge in [-0.3, -0.25) is 19.7 Å². The van der Waals surface area contributed by atoms with Crippen molar-refractivity contribution in [3.63, 3.8) is 0 Å². The van der Waals surface area contributed by atoms with E-state index in [4.69, 9.17) is 0 Å². The van der Waals surface area contributed by atoms with Crippen molar-refractivity contribution in [1.29, 1.82) is 0 Å². The van der Waals surface area contributed by atoms with Crippen molar-refractivity contribution in [2.45, 2.75) is 20.8 Å². The summed E-state index contributed by atoms with van der Waals surface area (Å²) in [5.41, 5.74) is 4.51. The molecule has 0 saturated carbocycles. The molecule has 2 N–H and O–H groups in total. The molecule has 0 saturated heterocycles. The summed E-state index contributed by atoms with van der Waals surface area (Å²) in [5.74, 6) is -1.08. The van der Waals surface area contributed by atoms with Crippen LogP contribution < -0.4 is 15.6 Å². The monoisotopic (exact) mass is 411 g/mol. The summed E-state index contributed by atoms with van der Waals surface area (Å²) in [6.45, 7) is 7.20. The molecule has 0 bridgehead atoms. The van der Waals surface area contributed by atoms with E-state index in [-0.39, 0.29) is 23.4 Å². The van der Waals surface area contributed by atoms with E-state index in [1.807, 2.05) is 24.3 Å². The average Bonchev–Trinajstić information content (AvgIpc) is 2.74. The first-order valence-corrected chi connectivity index (χ1v) is 9.56. The lowest BCUT2D eigenvalue weighted by Gasteiger charge is -2.20. The van der Waals surface area contributed by atoms with Gasteiger partial charge in [0.1, 0.15) is 0 Å². The normalized spacial score (nSPS) is 10.6. The van der Waals surface area contributed by atoms with E-state index < -0.39 is 16.7 Å². The predicted molar refractivity (Wildman–Crippen MR) is 116 cm³/mol. The third kappa shape index (κ3) is 5.87. The third-order valence-electron chi connectivity index (χ3n) is 4.58. The molecule has 30 heavy (non-hydrogen) atoms. The van der Waals surface area contributed by atoms with Crippen LogP contribution in [-0.2, 0) is 4.79 Å². The van der Waals surface area contributed by atoms with Crippen LogP contribution >= 0.6 is 0 Å². The number of nitro groups is 1. The highest BCUT2D eigenvalue weighted by Gasteiger charge is 2.18. The minimum Gasteiger partial charge on any atom is -0.372 e. The van der Waals surface area contributed by atoms with Gasteiger partial charge in [-0.2, -0.15) is 5.10 Å². The lowest BCUT2D eigenvalue weighted by atomic mass is 10.1. The highest BCUT2D eigenvalue weighted by Crippen LogP contribution is 2.20. The highest BCUT2D eigenvalue weighted by atomic mass is 16.6. The zero-order valence-corrected chi connectivity index (χ0v) is 17.2. The summed E-state index contributed by atoms with van der Waals surface area (Å²) in [6, 6.07) is 12.0. The van der Waals surface area contributed by atoms with Gasteiger partial charge in [-0.25, -0.2) is 5.43 Å². The molecule has 0 atom stereocenters. The largest absolute Gasteiger partial charge is 0.372 e. The molecule has 158 valence electrons. The molecule has 0 fully saturated rings. The van der Waals surface area contributed by atoms with Gasteiger partial charge in [-0.15, -0.1) is 0 Å². The third-order valence-corrected chi connectivity index (χ3v) is 4.58. The maximum absolute atomic E-state index is 12.2. The van der Waals surface area contributed by atoms with E-state index in [1.165, 1.54) is 31.3 Å². The molecule has 0 spiro atoms. The highest BCUT2D eigenvalue weighted by molar-refractivity contribution is 5.98. The van der Waals surface area contributed by atoms with Crippen LogP contribution in [0, 0.1) is 17.0 Å². The number of hydrogen-bond acceptors (Lipinski definition) is 6. The zero-order valence-electron chi connectivity index (χ0n) is 17.2. The van der Waals surface area contributed by atoms with Crippen molar-refractivity contribution in [3.8, 4) is 0 Å². The van der Waals surface area contributed by atoms with Gasteiger partial charge >= 0.3 is 0 Å². The van der Waals surface area contributed by atoms with Gasteiger partial charge in [0.05, 0.1) is 17.7 Å². The van der Waals surface area contributed by atoms with Crippen LogP contribution in [0.3, 0.4) is 0 Å². The molecular weight excluding hydrogens is 386 g/mol. The number of carbonyl (C=O) groups excluding carboxylic acids is 2. The Hall–Kier alpha value is -3.75. The average molecular weight is 411 g/mol. The number of hydrogen-bond donors (Lipinski definition) is 2. The van der Waals surface area contributed by atoms with Crippen LogP contribution in [0.2, 0.25) is 0 Å². The molecule has 2 aromatic carbocycles. The number of nitrogens with zero attached hydrogens (tertiary/aromatic N) is 3. The molecule has 2 amide bonds. The first kappa shape index (κ1) is 22.5. The smallest absolute Gasteiger partial charge is 0.273 e. The van der Waals surface area contributed by atoms with Gasteiger partial charge < -0.3 is 10.2 Å². The van der Waals surface area contributed by atoms with Gasteiger partial charge in [0, 0.05) is 36.0 Å². The number of carbonyl (C=O) groups is 2.